The van der Waals surface area contributed by atoms with Crippen molar-refractivity contribution in [2.75, 3.05) is 6.54 Å². The van der Waals surface area contributed by atoms with Crippen LogP contribution in [0.3, 0.4) is 0 Å². The fourth-order valence-electron chi connectivity index (χ4n) is 3.77. The molecule has 3 rings (SSSR count). The summed E-state index contributed by atoms with van der Waals surface area (Å²) in [6, 6.07) is 23.8. The number of nitrogens with zero attached hydrogens (tertiary/aromatic N) is 1. The highest BCUT2D eigenvalue weighted by atomic mass is 35.5. The number of amides is 2. The van der Waals surface area contributed by atoms with E-state index in [0.717, 1.165) is 29.5 Å². The molecule has 1 N–H and O–H groups in total. The van der Waals surface area contributed by atoms with E-state index in [2.05, 4.69) is 12.2 Å². The van der Waals surface area contributed by atoms with Crippen LogP contribution in [0.15, 0.2) is 78.9 Å². The van der Waals surface area contributed by atoms with Crippen LogP contribution in [0, 0.1) is 0 Å². The quantitative estimate of drug-likeness (QED) is 0.326. The molecule has 0 aliphatic carbocycles. The predicted molar refractivity (Wildman–Crippen MR) is 139 cm³/mol. The number of carbonyl (C=O) groups is 2. The van der Waals surface area contributed by atoms with Crippen LogP contribution in [-0.4, -0.2) is 29.3 Å². The van der Waals surface area contributed by atoms with E-state index in [9.17, 15) is 9.59 Å². The highest BCUT2D eigenvalue weighted by molar-refractivity contribution is 6.35. The van der Waals surface area contributed by atoms with Gasteiger partial charge in [0, 0.05) is 29.6 Å². The summed E-state index contributed by atoms with van der Waals surface area (Å²) < 4.78 is 0. The van der Waals surface area contributed by atoms with Crippen LogP contribution in [0.5, 0.6) is 0 Å². The van der Waals surface area contributed by atoms with E-state index < -0.39 is 6.04 Å². The molecule has 0 spiro atoms. The molecule has 0 radical (unpaired) electrons. The summed E-state index contributed by atoms with van der Waals surface area (Å²) in [6.45, 7) is 2.86. The lowest BCUT2D eigenvalue weighted by Crippen LogP contribution is -2.51. The second-order valence-corrected chi connectivity index (χ2v) is 9.11. The molecule has 1 atom stereocenters. The van der Waals surface area contributed by atoms with Crippen molar-refractivity contribution < 1.29 is 9.59 Å². The van der Waals surface area contributed by atoms with Gasteiger partial charge in [0.25, 0.3) is 0 Å². The Bertz CT molecular complexity index is 1070. The summed E-state index contributed by atoms with van der Waals surface area (Å²) in [4.78, 5) is 28.7. The minimum absolute atomic E-state index is 0.135. The van der Waals surface area contributed by atoms with Crippen molar-refractivity contribution >= 4 is 35.0 Å². The molecule has 0 bridgehead atoms. The Morgan fingerprint density at radius 2 is 1.56 bits per heavy atom. The van der Waals surface area contributed by atoms with Gasteiger partial charge >= 0.3 is 0 Å². The highest BCUT2D eigenvalue weighted by Crippen LogP contribution is 2.24. The number of hydrogen-bond donors (Lipinski definition) is 1. The summed E-state index contributed by atoms with van der Waals surface area (Å²) in [5.74, 6) is -0.299. The van der Waals surface area contributed by atoms with Crippen molar-refractivity contribution in [2.24, 2.45) is 0 Å². The third-order valence-electron chi connectivity index (χ3n) is 5.65. The van der Waals surface area contributed by atoms with Gasteiger partial charge in [-0.25, -0.2) is 0 Å². The van der Waals surface area contributed by atoms with Gasteiger partial charge in [0.2, 0.25) is 11.8 Å². The van der Waals surface area contributed by atoms with Crippen molar-refractivity contribution in [1.29, 1.82) is 0 Å². The molecule has 0 heterocycles. The first-order valence-corrected chi connectivity index (χ1v) is 12.3. The van der Waals surface area contributed by atoms with E-state index in [-0.39, 0.29) is 24.8 Å². The minimum atomic E-state index is -0.679. The Hall–Kier alpha value is -2.82. The summed E-state index contributed by atoms with van der Waals surface area (Å²) >= 11 is 12.5. The molecular weight excluding hydrogens is 467 g/mol. The van der Waals surface area contributed by atoms with Gasteiger partial charge in [0.15, 0.2) is 0 Å². The molecule has 178 valence electrons. The van der Waals surface area contributed by atoms with E-state index in [4.69, 9.17) is 23.2 Å². The molecule has 3 aromatic rings. The fraction of sp³-hybridized carbons (Fsp3) is 0.286. The lowest BCUT2D eigenvalue weighted by atomic mass is 10.0. The molecule has 34 heavy (non-hydrogen) atoms. The Balaban J connectivity index is 1.95. The van der Waals surface area contributed by atoms with E-state index in [1.807, 2.05) is 66.7 Å². The normalized spacial score (nSPS) is 11.6. The highest BCUT2D eigenvalue weighted by Gasteiger charge is 2.30. The first-order chi connectivity index (χ1) is 16.5. The average Bonchev–Trinajstić information content (AvgIpc) is 2.84. The number of nitrogens with one attached hydrogen (secondary N) is 1. The van der Waals surface area contributed by atoms with Crippen molar-refractivity contribution in [3.63, 3.8) is 0 Å². The van der Waals surface area contributed by atoms with Gasteiger partial charge in [-0.05, 0) is 35.2 Å². The number of rotatable bonds is 11. The third-order valence-corrected chi connectivity index (χ3v) is 6.24. The molecule has 0 aromatic heterocycles. The number of benzene rings is 3. The summed E-state index contributed by atoms with van der Waals surface area (Å²) in [5, 5.41) is 4.02. The standard InChI is InChI=1S/C28H30Cl2N2O2/c1-2-3-16-31-28(34)26(17-21-10-6-4-7-11-21)32(20-23-14-15-24(29)19-25(23)30)27(33)18-22-12-8-5-9-13-22/h4-15,19,26H,2-3,16-18,20H2,1H3,(H,31,34)/t26-/m0/s1. The van der Waals surface area contributed by atoms with Crippen LogP contribution in [0.25, 0.3) is 0 Å². The molecular formula is C28H30Cl2N2O2. The maximum atomic E-state index is 13.6. The van der Waals surface area contributed by atoms with E-state index in [1.165, 1.54) is 0 Å². The lowest BCUT2D eigenvalue weighted by Gasteiger charge is -2.32. The summed E-state index contributed by atoms with van der Waals surface area (Å²) in [5.41, 5.74) is 2.62. The second kappa shape index (κ2) is 13.2. The first kappa shape index (κ1) is 25.8. The SMILES string of the molecule is CCCCNC(=O)[C@H](Cc1ccccc1)N(Cc1ccc(Cl)cc1Cl)C(=O)Cc1ccccc1. The molecule has 2 amide bonds. The van der Waals surface area contributed by atoms with Gasteiger partial charge in [-0.3, -0.25) is 9.59 Å². The Kier molecular flexibility index (Phi) is 9.99. The monoisotopic (exact) mass is 496 g/mol. The smallest absolute Gasteiger partial charge is 0.243 e. The van der Waals surface area contributed by atoms with Crippen LogP contribution in [0.2, 0.25) is 10.0 Å². The molecule has 0 fully saturated rings. The Morgan fingerprint density at radius 3 is 2.18 bits per heavy atom. The Morgan fingerprint density at radius 1 is 0.912 bits per heavy atom. The van der Waals surface area contributed by atoms with Crippen molar-refractivity contribution in [3.8, 4) is 0 Å². The van der Waals surface area contributed by atoms with Crippen LogP contribution in [0.1, 0.15) is 36.5 Å². The predicted octanol–water partition coefficient (Wildman–Crippen LogP) is 6.09. The van der Waals surface area contributed by atoms with E-state index in [1.54, 1.807) is 17.0 Å². The largest absolute Gasteiger partial charge is 0.354 e. The zero-order valence-electron chi connectivity index (χ0n) is 19.3. The van der Waals surface area contributed by atoms with Gasteiger partial charge in [0.05, 0.1) is 6.42 Å². The molecule has 0 aliphatic heterocycles. The molecule has 0 aliphatic rings. The zero-order valence-corrected chi connectivity index (χ0v) is 20.9. The van der Waals surface area contributed by atoms with Gasteiger partial charge in [0.1, 0.15) is 6.04 Å². The van der Waals surface area contributed by atoms with Crippen LogP contribution in [0.4, 0.5) is 0 Å². The number of unbranched alkanes of at least 4 members (excludes halogenated alkanes) is 1. The van der Waals surface area contributed by atoms with Gasteiger partial charge in [-0.15, -0.1) is 0 Å². The molecule has 0 saturated heterocycles. The number of halogens is 2. The molecule has 6 heteroatoms. The van der Waals surface area contributed by atoms with Crippen LogP contribution < -0.4 is 5.32 Å². The molecule has 0 unspecified atom stereocenters. The zero-order chi connectivity index (χ0) is 24.3. The molecule has 3 aromatic carbocycles. The fourth-order valence-corrected chi connectivity index (χ4v) is 4.23. The second-order valence-electron chi connectivity index (χ2n) is 8.27. The maximum absolute atomic E-state index is 13.6. The van der Waals surface area contributed by atoms with Gasteiger partial charge in [-0.2, -0.15) is 0 Å². The maximum Gasteiger partial charge on any atom is 0.243 e. The summed E-state index contributed by atoms with van der Waals surface area (Å²) in [6.07, 6.45) is 2.45. The summed E-state index contributed by atoms with van der Waals surface area (Å²) in [7, 11) is 0. The van der Waals surface area contributed by atoms with Crippen LogP contribution >= 0.6 is 23.2 Å². The first-order valence-electron chi connectivity index (χ1n) is 11.6. The molecule has 0 saturated carbocycles. The van der Waals surface area contributed by atoms with Crippen molar-refractivity contribution in [3.05, 3.63) is 106 Å². The van der Waals surface area contributed by atoms with Crippen molar-refractivity contribution in [1.82, 2.24) is 10.2 Å². The van der Waals surface area contributed by atoms with Gasteiger partial charge in [-0.1, -0.05) is 103 Å². The minimum Gasteiger partial charge on any atom is -0.354 e. The van der Waals surface area contributed by atoms with E-state index in [0.29, 0.717) is 23.0 Å². The molecule has 4 nitrogen and oxygen atoms in total. The topological polar surface area (TPSA) is 49.4 Å². The number of carbonyl (C=O) groups excluding carboxylic acids is 2. The van der Waals surface area contributed by atoms with Crippen molar-refractivity contribution in [2.45, 2.75) is 45.2 Å². The lowest BCUT2D eigenvalue weighted by molar-refractivity contribution is -0.140. The number of hydrogen-bond acceptors (Lipinski definition) is 2. The van der Waals surface area contributed by atoms with Gasteiger partial charge < -0.3 is 10.2 Å². The van der Waals surface area contributed by atoms with Crippen LogP contribution in [-0.2, 0) is 29.0 Å². The average molecular weight is 497 g/mol. The van der Waals surface area contributed by atoms with E-state index >= 15 is 0 Å². The third kappa shape index (κ3) is 7.61. The Labute approximate surface area is 211 Å².